The summed E-state index contributed by atoms with van der Waals surface area (Å²) in [6.07, 6.45) is 5.09. The number of piperidine rings is 1. The van der Waals surface area contributed by atoms with E-state index >= 15 is 0 Å². The Labute approximate surface area is 212 Å². The Morgan fingerprint density at radius 1 is 1.20 bits per heavy atom. The molecule has 4 aliphatic heterocycles. The first-order chi connectivity index (χ1) is 17.0. The van der Waals surface area contributed by atoms with Gasteiger partial charge in [-0.05, 0) is 57.3 Å². The van der Waals surface area contributed by atoms with E-state index in [4.69, 9.17) is 9.47 Å². The van der Waals surface area contributed by atoms with Crippen LogP contribution < -0.4 is 16.0 Å². The second-order valence-corrected chi connectivity index (χ2v) is 12.3. The predicted octanol–water partition coefficient (Wildman–Crippen LogP) is 1.05. The van der Waals surface area contributed by atoms with Gasteiger partial charge in [0.15, 0.2) is 0 Å². The smallest absolute Gasteiger partial charge is 0.251 e. The Kier molecular flexibility index (Phi) is 7.90. The molecule has 194 valence electrons. The van der Waals surface area contributed by atoms with E-state index in [-0.39, 0.29) is 64.5 Å². The van der Waals surface area contributed by atoms with E-state index in [1.54, 1.807) is 18.9 Å². The van der Waals surface area contributed by atoms with Gasteiger partial charge in [0, 0.05) is 56.6 Å². The number of ether oxygens (including phenoxy) is 2. The lowest BCUT2D eigenvalue weighted by molar-refractivity contribution is -0.140. The molecule has 0 aromatic carbocycles. The highest BCUT2D eigenvalue weighted by atomic mass is 32.2. The molecule has 3 N–H and O–H groups in total. The summed E-state index contributed by atoms with van der Waals surface area (Å²) in [7, 11) is 1.76. The van der Waals surface area contributed by atoms with Crippen molar-refractivity contribution < 1.29 is 19.1 Å². The number of hydrogen-bond donors (Lipinski definition) is 3. The normalized spacial score (nSPS) is 43.5. The summed E-state index contributed by atoms with van der Waals surface area (Å²) in [6, 6.07) is 2.99. The van der Waals surface area contributed by atoms with Crippen LogP contribution in [0.4, 0.5) is 0 Å². The molecule has 5 rings (SSSR count). The molecule has 2 amide bonds. The fourth-order valence-electron chi connectivity index (χ4n) is 6.88. The van der Waals surface area contributed by atoms with Crippen LogP contribution in [0.5, 0.6) is 0 Å². The Morgan fingerprint density at radius 2 is 2.06 bits per heavy atom. The SMILES string of the molecule is COC1CCC(C#N)CC1C1CC(C)NCC1C(=O)NC1NC2CN(C(=O)[C@H]3CCCO3)CC2S1. The first-order valence-electron chi connectivity index (χ1n) is 13.2. The van der Waals surface area contributed by atoms with Crippen molar-refractivity contribution in [2.24, 2.45) is 23.7 Å². The summed E-state index contributed by atoms with van der Waals surface area (Å²) in [5, 5.41) is 20.1. The number of thioether (sulfide) groups is 1. The van der Waals surface area contributed by atoms with Crippen LogP contribution in [-0.4, -0.2) is 85.1 Å². The topological polar surface area (TPSA) is 116 Å². The molecule has 35 heavy (non-hydrogen) atoms. The molecule has 10 heteroatoms. The minimum absolute atomic E-state index is 0.0482. The van der Waals surface area contributed by atoms with E-state index in [1.807, 2.05) is 4.90 Å². The monoisotopic (exact) mass is 505 g/mol. The predicted molar refractivity (Wildman–Crippen MR) is 132 cm³/mol. The fraction of sp³-hybridized carbons (Fsp3) is 0.880. The van der Waals surface area contributed by atoms with Gasteiger partial charge in [0.2, 0.25) is 5.91 Å². The molecule has 1 saturated carbocycles. The zero-order chi connectivity index (χ0) is 24.5. The zero-order valence-corrected chi connectivity index (χ0v) is 21.6. The third-order valence-corrected chi connectivity index (χ3v) is 10.1. The van der Waals surface area contributed by atoms with Crippen molar-refractivity contribution in [3.63, 3.8) is 0 Å². The lowest BCUT2D eigenvalue weighted by Gasteiger charge is -2.44. The second-order valence-electron chi connectivity index (χ2n) is 11.0. The molecular formula is C25H39N5O4S. The van der Waals surface area contributed by atoms with Crippen LogP contribution in [0.25, 0.3) is 0 Å². The van der Waals surface area contributed by atoms with Crippen LogP contribution in [0.15, 0.2) is 0 Å². The van der Waals surface area contributed by atoms with E-state index in [1.165, 1.54) is 0 Å². The number of fused-ring (bicyclic) bond motifs is 1. The number of rotatable bonds is 5. The Hall–Kier alpha value is -1.38. The highest BCUT2D eigenvalue weighted by Gasteiger charge is 2.47. The number of likely N-dealkylation sites (tertiary alicyclic amines) is 1. The third-order valence-electron chi connectivity index (χ3n) is 8.77. The highest BCUT2D eigenvalue weighted by Crippen LogP contribution is 2.42. The van der Waals surface area contributed by atoms with Gasteiger partial charge >= 0.3 is 0 Å². The zero-order valence-electron chi connectivity index (χ0n) is 20.8. The number of carbonyl (C=O) groups excluding carboxylic acids is 2. The van der Waals surface area contributed by atoms with Gasteiger partial charge in [-0.25, -0.2) is 0 Å². The number of nitrogens with zero attached hydrogens (tertiary/aromatic N) is 2. The van der Waals surface area contributed by atoms with Crippen molar-refractivity contribution >= 4 is 23.6 Å². The van der Waals surface area contributed by atoms with E-state index in [0.29, 0.717) is 32.3 Å². The number of nitrogens with one attached hydrogen (secondary N) is 3. The number of carbonyl (C=O) groups is 2. The van der Waals surface area contributed by atoms with Gasteiger partial charge in [0.05, 0.1) is 18.1 Å². The van der Waals surface area contributed by atoms with Gasteiger partial charge in [-0.3, -0.25) is 14.9 Å². The average molecular weight is 506 g/mol. The summed E-state index contributed by atoms with van der Waals surface area (Å²) >= 11 is 1.72. The second kappa shape index (κ2) is 10.9. The number of nitriles is 1. The van der Waals surface area contributed by atoms with E-state index in [2.05, 4.69) is 28.9 Å². The number of amides is 2. The molecule has 9 unspecified atom stereocenters. The van der Waals surface area contributed by atoms with Crippen molar-refractivity contribution in [2.45, 2.75) is 80.5 Å². The van der Waals surface area contributed by atoms with Gasteiger partial charge in [-0.1, -0.05) is 0 Å². The maximum atomic E-state index is 13.5. The summed E-state index contributed by atoms with van der Waals surface area (Å²) in [6.45, 7) is 4.87. The van der Waals surface area contributed by atoms with Crippen molar-refractivity contribution in [1.29, 1.82) is 5.26 Å². The Morgan fingerprint density at radius 3 is 2.77 bits per heavy atom. The summed E-state index contributed by atoms with van der Waals surface area (Å²) in [4.78, 5) is 28.2. The summed E-state index contributed by atoms with van der Waals surface area (Å²) < 4.78 is 11.4. The first-order valence-corrected chi connectivity index (χ1v) is 14.2. The standard InChI is InChI=1S/C25H39N5O4S/c1-14-8-16(17-9-15(10-26)5-6-20(17)33-2)18(11-27-14)23(31)29-25-28-19-12-30(13-22(19)35-25)24(32)21-4-3-7-34-21/h14-22,25,27-28H,3-9,11-13H2,1-2H3,(H,29,31)/t14?,15?,16?,17?,18?,19?,20?,21-,22?,25?/m1/s1. The molecule has 0 aromatic rings. The van der Waals surface area contributed by atoms with Crippen LogP contribution in [0.3, 0.4) is 0 Å². The molecule has 0 bridgehead atoms. The third kappa shape index (κ3) is 5.35. The lowest BCUT2D eigenvalue weighted by Crippen LogP contribution is -2.55. The molecule has 10 atom stereocenters. The summed E-state index contributed by atoms with van der Waals surface area (Å²) in [5.74, 6) is 0.498. The Bertz CT molecular complexity index is 819. The highest BCUT2D eigenvalue weighted by molar-refractivity contribution is 8.00. The van der Waals surface area contributed by atoms with E-state index in [0.717, 1.165) is 38.5 Å². The molecule has 4 heterocycles. The van der Waals surface area contributed by atoms with Gasteiger partial charge in [0.1, 0.15) is 11.6 Å². The maximum absolute atomic E-state index is 13.5. The first kappa shape index (κ1) is 25.3. The molecule has 5 aliphatic rings. The van der Waals surface area contributed by atoms with Crippen molar-refractivity contribution in [2.75, 3.05) is 33.4 Å². The molecule has 4 saturated heterocycles. The van der Waals surface area contributed by atoms with Crippen LogP contribution in [0, 0.1) is 35.0 Å². The fourth-order valence-corrected chi connectivity index (χ4v) is 8.29. The molecule has 9 nitrogen and oxygen atoms in total. The van der Waals surface area contributed by atoms with Crippen LogP contribution in [-0.2, 0) is 19.1 Å². The van der Waals surface area contributed by atoms with Gasteiger partial charge < -0.3 is 25.0 Å². The average Bonchev–Trinajstić information content (AvgIpc) is 3.60. The summed E-state index contributed by atoms with van der Waals surface area (Å²) in [5.41, 5.74) is -0.145. The van der Waals surface area contributed by atoms with Crippen LogP contribution in [0.2, 0.25) is 0 Å². The molecule has 0 aromatic heterocycles. The molecule has 0 radical (unpaired) electrons. The van der Waals surface area contributed by atoms with Gasteiger partial charge in [0.25, 0.3) is 5.91 Å². The minimum atomic E-state index is -0.274. The molecular weight excluding hydrogens is 466 g/mol. The van der Waals surface area contributed by atoms with E-state index in [9.17, 15) is 14.9 Å². The number of methoxy groups -OCH3 is 1. The maximum Gasteiger partial charge on any atom is 0.251 e. The van der Waals surface area contributed by atoms with Crippen LogP contribution >= 0.6 is 11.8 Å². The molecule has 0 spiro atoms. The lowest BCUT2D eigenvalue weighted by atomic mass is 9.66. The van der Waals surface area contributed by atoms with Crippen molar-refractivity contribution in [1.82, 2.24) is 20.9 Å². The van der Waals surface area contributed by atoms with Gasteiger partial charge in [-0.2, -0.15) is 5.26 Å². The number of hydrogen-bond acceptors (Lipinski definition) is 8. The molecule has 1 aliphatic carbocycles. The van der Waals surface area contributed by atoms with Crippen molar-refractivity contribution in [3.05, 3.63) is 0 Å². The Balaban J connectivity index is 1.18. The minimum Gasteiger partial charge on any atom is -0.381 e. The molecule has 5 fully saturated rings. The van der Waals surface area contributed by atoms with Crippen LogP contribution in [0.1, 0.15) is 45.4 Å². The van der Waals surface area contributed by atoms with Crippen molar-refractivity contribution in [3.8, 4) is 6.07 Å². The van der Waals surface area contributed by atoms with E-state index < -0.39 is 0 Å². The largest absolute Gasteiger partial charge is 0.381 e. The van der Waals surface area contributed by atoms with Gasteiger partial charge in [-0.15, -0.1) is 11.8 Å². The quantitative estimate of drug-likeness (QED) is 0.508.